The van der Waals surface area contributed by atoms with Crippen molar-refractivity contribution >= 4 is 8.25 Å². The summed E-state index contributed by atoms with van der Waals surface area (Å²) >= 11 is 0. The number of hydrogen-bond acceptors (Lipinski definition) is 5. The topological polar surface area (TPSA) is 98.9 Å². The second-order valence-corrected chi connectivity index (χ2v) is 6.59. The molecule has 0 spiro atoms. The lowest BCUT2D eigenvalue weighted by molar-refractivity contribution is -0.563. The van der Waals surface area contributed by atoms with Crippen molar-refractivity contribution in [3.05, 3.63) is 40.4 Å². The molecule has 140 valence electrons. The van der Waals surface area contributed by atoms with Gasteiger partial charge < -0.3 is 4.74 Å². The molecule has 0 aliphatic heterocycles. The molecule has 8 heteroatoms. The third kappa shape index (κ3) is 11.6. The van der Waals surface area contributed by atoms with E-state index >= 15 is 0 Å². The van der Waals surface area contributed by atoms with Crippen LogP contribution in [0.2, 0.25) is 0 Å². The van der Waals surface area contributed by atoms with Crippen LogP contribution in [0.4, 0.5) is 0 Å². The molecule has 0 aliphatic rings. The molecule has 0 heterocycles. The average molecular weight is 372 g/mol. The lowest BCUT2D eigenvalue weighted by atomic mass is 10.1. The molecule has 0 saturated carbocycles. The largest absolute Gasteiger partial charge is 0.694 e. The second kappa shape index (κ2) is 13.7. The van der Waals surface area contributed by atoms with E-state index in [2.05, 4.69) is 4.52 Å². The summed E-state index contributed by atoms with van der Waals surface area (Å²) in [6.45, 7) is 0.329. The monoisotopic (exact) mass is 372 g/mol. The quantitative estimate of drug-likeness (QED) is 0.155. The van der Waals surface area contributed by atoms with Crippen LogP contribution >= 0.6 is 8.25 Å². The van der Waals surface area contributed by atoms with Crippen LogP contribution in [0.5, 0.6) is 5.75 Å². The lowest BCUT2D eigenvalue weighted by Crippen LogP contribution is -2.26. The maximum Gasteiger partial charge on any atom is 0.694 e. The number of benzene rings is 1. The summed E-state index contributed by atoms with van der Waals surface area (Å²) in [5.74, 6) is 0.527. The number of ether oxygens (including phenoxy) is 1. The number of rotatable bonds is 15. The summed E-state index contributed by atoms with van der Waals surface area (Å²) in [6.07, 6.45) is 7.25. The van der Waals surface area contributed by atoms with Gasteiger partial charge in [0.15, 0.2) is 0 Å². The predicted octanol–water partition coefficient (Wildman–Crippen LogP) is 4.85. The van der Waals surface area contributed by atoms with Crippen LogP contribution in [0.15, 0.2) is 30.3 Å². The summed E-state index contributed by atoms with van der Waals surface area (Å²) in [5.41, 5.74) is 0. The molecule has 0 aromatic heterocycles. The second-order valence-electron chi connectivity index (χ2n) is 5.86. The van der Waals surface area contributed by atoms with Crippen molar-refractivity contribution in [3.8, 4) is 5.75 Å². The Morgan fingerprint density at radius 3 is 2.12 bits per heavy atom. The van der Waals surface area contributed by atoms with Gasteiger partial charge in [0.1, 0.15) is 12.4 Å². The van der Waals surface area contributed by atoms with Crippen molar-refractivity contribution < 1.29 is 23.6 Å². The zero-order chi connectivity index (χ0) is 18.3. The molecule has 25 heavy (non-hydrogen) atoms. The van der Waals surface area contributed by atoms with Gasteiger partial charge in [-0.1, -0.05) is 56.7 Å². The highest BCUT2D eigenvalue weighted by molar-refractivity contribution is 7.32. The molecule has 1 rings (SSSR count). The molecule has 1 aromatic rings. The molecule has 0 saturated heterocycles. The highest BCUT2D eigenvalue weighted by atomic mass is 31.1. The van der Waals surface area contributed by atoms with Crippen molar-refractivity contribution in [2.45, 2.75) is 64.0 Å². The summed E-state index contributed by atoms with van der Waals surface area (Å²) in [5, 5.41) is 11.1. The molecule has 0 amide bonds. The van der Waals surface area contributed by atoms with Crippen molar-refractivity contribution in [3.63, 3.8) is 0 Å². The zero-order valence-corrected chi connectivity index (χ0v) is 15.3. The highest BCUT2D eigenvalue weighted by Gasteiger charge is 2.20. The molecule has 0 bridgehead atoms. The lowest BCUT2D eigenvalue weighted by Gasteiger charge is -2.11. The Labute approximate surface area is 149 Å². The normalized spacial score (nSPS) is 12.6. The summed E-state index contributed by atoms with van der Waals surface area (Å²) in [4.78, 5) is 19.2. The minimum atomic E-state index is -2.47. The minimum Gasteiger partial charge on any atom is -0.430 e. The predicted molar refractivity (Wildman–Crippen MR) is 95.2 cm³/mol. The Morgan fingerprint density at radius 2 is 1.56 bits per heavy atom. The maximum absolute atomic E-state index is 11.1. The van der Waals surface area contributed by atoms with Crippen molar-refractivity contribution in [1.29, 1.82) is 0 Å². The molecule has 1 N–H and O–H groups in total. The SMILES string of the molecule is O=[N+]([O-])C(CCCCCCCCCCO[P+](=O)O)Oc1ccccc1. The van der Waals surface area contributed by atoms with Gasteiger partial charge >= 0.3 is 14.5 Å². The fourth-order valence-electron chi connectivity index (χ4n) is 2.49. The molecule has 0 aliphatic carbocycles. The third-order valence-electron chi connectivity index (χ3n) is 3.80. The van der Waals surface area contributed by atoms with Gasteiger partial charge in [0.05, 0.1) is 11.3 Å². The maximum atomic E-state index is 11.1. The van der Waals surface area contributed by atoms with E-state index in [0.717, 1.165) is 51.4 Å². The Kier molecular flexibility index (Phi) is 11.8. The van der Waals surface area contributed by atoms with E-state index in [1.807, 2.05) is 6.07 Å². The first-order chi connectivity index (χ1) is 12.1. The van der Waals surface area contributed by atoms with Gasteiger partial charge in [0.25, 0.3) is 0 Å². The Morgan fingerprint density at radius 1 is 1.00 bits per heavy atom. The van der Waals surface area contributed by atoms with Gasteiger partial charge in [-0.15, -0.1) is 9.42 Å². The van der Waals surface area contributed by atoms with Gasteiger partial charge in [-0.25, -0.2) is 0 Å². The van der Waals surface area contributed by atoms with E-state index < -0.39 is 14.5 Å². The van der Waals surface area contributed by atoms with Crippen LogP contribution in [-0.2, 0) is 9.09 Å². The molecule has 2 unspecified atom stereocenters. The van der Waals surface area contributed by atoms with Crippen LogP contribution in [-0.4, -0.2) is 22.7 Å². The molecule has 0 radical (unpaired) electrons. The Bertz CT molecular complexity index is 499. The first kappa shape index (κ1) is 21.5. The first-order valence-corrected chi connectivity index (χ1v) is 9.87. The molecule has 1 aromatic carbocycles. The number of nitrogens with zero attached hydrogens (tertiary/aromatic N) is 1. The Hall–Kier alpha value is -1.56. The number of nitro groups is 1. The van der Waals surface area contributed by atoms with Gasteiger partial charge in [-0.05, 0) is 25.0 Å². The van der Waals surface area contributed by atoms with Crippen LogP contribution in [0.3, 0.4) is 0 Å². The zero-order valence-electron chi connectivity index (χ0n) is 14.4. The summed E-state index contributed by atoms with van der Waals surface area (Å²) in [7, 11) is -2.47. The van der Waals surface area contributed by atoms with Crippen LogP contribution < -0.4 is 4.74 Å². The van der Waals surface area contributed by atoms with Crippen molar-refractivity contribution in [2.24, 2.45) is 0 Å². The van der Waals surface area contributed by atoms with Crippen LogP contribution in [0.1, 0.15) is 57.8 Å². The summed E-state index contributed by atoms with van der Waals surface area (Å²) < 4.78 is 20.3. The molecular weight excluding hydrogens is 345 g/mol. The number of para-hydroxylation sites is 1. The fraction of sp³-hybridized carbons (Fsp3) is 0.647. The highest BCUT2D eigenvalue weighted by Crippen LogP contribution is 2.17. The minimum absolute atomic E-state index is 0.329. The fourth-order valence-corrected chi connectivity index (χ4v) is 2.77. The van der Waals surface area contributed by atoms with E-state index in [0.29, 0.717) is 18.8 Å². The molecular formula is C17H27NO6P+. The van der Waals surface area contributed by atoms with Crippen molar-refractivity contribution in [1.82, 2.24) is 0 Å². The van der Waals surface area contributed by atoms with E-state index in [4.69, 9.17) is 9.63 Å². The standard InChI is InChI=1S/C17H26NO6P/c19-18(20)17(24-16-12-8-7-9-13-16)14-10-5-3-1-2-4-6-11-15-23-25(21)22/h7-9,12-13,17H,1-6,10-11,14-15H2/p+1. The molecule has 7 nitrogen and oxygen atoms in total. The van der Waals surface area contributed by atoms with Crippen LogP contribution in [0.25, 0.3) is 0 Å². The van der Waals surface area contributed by atoms with Gasteiger partial charge in [0.2, 0.25) is 0 Å². The van der Waals surface area contributed by atoms with E-state index in [1.54, 1.807) is 24.3 Å². The number of hydrogen-bond donors (Lipinski definition) is 1. The summed E-state index contributed by atoms with van der Waals surface area (Å²) in [6, 6.07) is 8.88. The van der Waals surface area contributed by atoms with E-state index in [9.17, 15) is 14.7 Å². The van der Waals surface area contributed by atoms with Gasteiger partial charge in [-0.2, -0.15) is 0 Å². The van der Waals surface area contributed by atoms with E-state index in [1.165, 1.54) is 0 Å². The Balaban J connectivity index is 2.01. The number of unbranched alkanes of at least 4 members (excludes halogenated alkanes) is 7. The van der Waals surface area contributed by atoms with E-state index in [-0.39, 0.29) is 4.92 Å². The third-order valence-corrected chi connectivity index (χ3v) is 4.20. The van der Waals surface area contributed by atoms with Crippen molar-refractivity contribution in [2.75, 3.05) is 6.61 Å². The average Bonchev–Trinajstić information content (AvgIpc) is 2.59. The molecule has 2 atom stereocenters. The van der Waals surface area contributed by atoms with Gasteiger partial charge in [0, 0.05) is 4.57 Å². The smallest absolute Gasteiger partial charge is 0.430 e. The first-order valence-electron chi connectivity index (χ1n) is 8.74. The van der Waals surface area contributed by atoms with Gasteiger partial charge in [-0.3, -0.25) is 10.1 Å². The molecule has 0 fully saturated rings. The van der Waals surface area contributed by atoms with Crippen LogP contribution in [0, 0.1) is 10.1 Å².